The van der Waals surface area contributed by atoms with Crippen molar-refractivity contribution in [3.8, 4) is 5.75 Å². The van der Waals surface area contributed by atoms with Gasteiger partial charge in [-0.2, -0.15) is 0 Å². The molecule has 0 saturated carbocycles. The van der Waals surface area contributed by atoms with Gasteiger partial charge in [0.25, 0.3) is 0 Å². The van der Waals surface area contributed by atoms with Crippen molar-refractivity contribution in [3.05, 3.63) is 28.7 Å². The maximum Gasteiger partial charge on any atom is 0.344 e. The molecular weight excluding hydrogens is 236 g/mol. The quantitative estimate of drug-likeness (QED) is 0.888. The van der Waals surface area contributed by atoms with Gasteiger partial charge in [0.05, 0.1) is 4.47 Å². The van der Waals surface area contributed by atoms with E-state index in [9.17, 15) is 4.79 Å². The lowest BCUT2D eigenvalue weighted by Gasteiger charge is -2.11. The van der Waals surface area contributed by atoms with Crippen molar-refractivity contribution in [1.29, 1.82) is 0 Å². The SMILES string of the molecule is C[C@H](Oc1ccccc1Br)C(=O)O. The average molecular weight is 245 g/mol. The van der Waals surface area contributed by atoms with Crippen molar-refractivity contribution in [2.24, 2.45) is 0 Å². The second-order valence-electron chi connectivity index (χ2n) is 2.53. The number of halogens is 1. The van der Waals surface area contributed by atoms with Gasteiger partial charge in [0.1, 0.15) is 5.75 Å². The molecule has 70 valence electrons. The summed E-state index contributed by atoms with van der Waals surface area (Å²) in [7, 11) is 0. The minimum absolute atomic E-state index is 0.539. The Labute approximate surface area is 84.5 Å². The molecule has 4 heteroatoms. The number of rotatable bonds is 3. The summed E-state index contributed by atoms with van der Waals surface area (Å²) in [5, 5.41) is 8.59. The van der Waals surface area contributed by atoms with Crippen LogP contribution in [0, 0.1) is 0 Å². The molecule has 0 amide bonds. The Balaban J connectivity index is 2.74. The number of carboxylic acid groups (broad SMARTS) is 1. The molecule has 0 fully saturated rings. The molecule has 0 heterocycles. The maximum absolute atomic E-state index is 10.5. The Morgan fingerprint density at radius 3 is 2.69 bits per heavy atom. The predicted molar refractivity (Wildman–Crippen MR) is 51.9 cm³/mol. The molecule has 0 radical (unpaired) electrons. The fourth-order valence-electron chi connectivity index (χ4n) is 0.781. The van der Waals surface area contributed by atoms with Crippen molar-refractivity contribution >= 4 is 21.9 Å². The van der Waals surface area contributed by atoms with Crippen LogP contribution in [0.15, 0.2) is 28.7 Å². The molecule has 1 aromatic rings. The molecule has 1 N–H and O–H groups in total. The van der Waals surface area contributed by atoms with Crippen LogP contribution in [-0.4, -0.2) is 17.2 Å². The first-order chi connectivity index (χ1) is 6.11. The smallest absolute Gasteiger partial charge is 0.344 e. The van der Waals surface area contributed by atoms with Crippen LogP contribution < -0.4 is 4.74 Å². The highest BCUT2D eigenvalue weighted by molar-refractivity contribution is 9.10. The lowest BCUT2D eigenvalue weighted by Crippen LogP contribution is -2.22. The van der Waals surface area contributed by atoms with Crippen molar-refractivity contribution < 1.29 is 14.6 Å². The second kappa shape index (κ2) is 4.28. The van der Waals surface area contributed by atoms with E-state index in [-0.39, 0.29) is 0 Å². The fraction of sp³-hybridized carbons (Fsp3) is 0.222. The molecule has 0 aromatic heterocycles. The normalized spacial score (nSPS) is 12.2. The minimum atomic E-state index is -0.976. The summed E-state index contributed by atoms with van der Waals surface area (Å²) in [5.74, 6) is -0.437. The summed E-state index contributed by atoms with van der Waals surface area (Å²) in [6.45, 7) is 1.49. The van der Waals surface area contributed by atoms with Crippen molar-refractivity contribution in [2.75, 3.05) is 0 Å². The van der Waals surface area contributed by atoms with Gasteiger partial charge in [-0.3, -0.25) is 0 Å². The van der Waals surface area contributed by atoms with E-state index in [1.165, 1.54) is 6.92 Å². The van der Waals surface area contributed by atoms with Gasteiger partial charge >= 0.3 is 5.97 Å². The number of hydrogen-bond acceptors (Lipinski definition) is 2. The van der Waals surface area contributed by atoms with E-state index in [2.05, 4.69) is 15.9 Å². The van der Waals surface area contributed by atoms with Crippen LogP contribution in [0.2, 0.25) is 0 Å². The lowest BCUT2D eigenvalue weighted by molar-refractivity contribution is -0.144. The topological polar surface area (TPSA) is 46.5 Å². The van der Waals surface area contributed by atoms with Crippen LogP contribution in [0.3, 0.4) is 0 Å². The van der Waals surface area contributed by atoms with Crippen LogP contribution in [0.25, 0.3) is 0 Å². The third-order valence-electron chi connectivity index (χ3n) is 1.49. The van der Waals surface area contributed by atoms with E-state index in [0.717, 1.165) is 4.47 Å². The van der Waals surface area contributed by atoms with Gasteiger partial charge in [0.15, 0.2) is 6.10 Å². The third kappa shape index (κ3) is 2.73. The van der Waals surface area contributed by atoms with Crippen molar-refractivity contribution in [2.45, 2.75) is 13.0 Å². The highest BCUT2D eigenvalue weighted by Gasteiger charge is 2.13. The molecule has 0 aliphatic heterocycles. The van der Waals surface area contributed by atoms with Gasteiger partial charge in [-0.25, -0.2) is 4.79 Å². The lowest BCUT2D eigenvalue weighted by atomic mass is 10.3. The maximum atomic E-state index is 10.5. The van der Waals surface area contributed by atoms with Crippen LogP contribution in [-0.2, 0) is 4.79 Å². The molecule has 1 atom stereocenters. The Kier molecular flexibility index (Phi) is 3.31. The van der Waals surface area contributed by atoms with Gasteiger partial charge in [0, 0.05) is 0 Å². The summed E-state index contributed by atoms with van der Waals surface area (Å²) in [4.78, 5) is 10.5. The highest BCUT2D eigenvalue weighted by atomic mass is 79.9. The average Bonchev–Trinajstić information content (AvgIpc) is 2.08. The first-order valence-corrected chi connectivity index (χ1v) is 4.54. The first kappa shape index (κ1) is 10.1. The number of hydrogen-bond donors (Lipinski definition) is 1. The van der Waals surface area contributed by atoms with E-state index in [1.54, 1.807) is 18.2 Å². The van der Waals surface area contributed by atoms with Crippen LogP contribution >= 0.6 is 15.9 Å². The number of benzene rings is 1. The van der Waals surface area contributed by atoms with E-state index in [4.69, 9.17) is 9.84 Å². The van der Waals surface area contributed by atoms with Crippen molar-refractivity contribution in [1.82, 2.24) is 0 Å². The van der Waals surface area contributed by atoms with Crippen LogP contribution in [0.4, 0.5) is 0 Å². The number of carboxylic acids is 1. The summed E-state index contributed by atoms with van der Waals surface area (Å²) >= 11 is 3.26. The Hall–Kier alpha value is -1.03. The standard InChI is InChI=1S/C9H9BrO3/c1-6(9(11)12)13-8-5-3-2-4-7(8)10/h2-6H,1H3,(H,11,12)/t6-/m0/s1. The number of para-hydroxylation sites is 1. The van der Waals surface area contributed by atoms with E-state index < -0.39 is 12.1 Å². The molecule has 0 saturated heterocycles. The molecule has 0 unspecified atom stereocenters. The molecule has 0 spiro atoms. The largest absolute Gasteiger partial charge is 0.479 e. The zero-order valence-corrected chi connectivity index (χ0v) is 8.61. The summed E-state index contributed by atoms with van der Waals surface area (Å²) in [5.41, 5.74) is 0. The Bertz CT molecular complexity index is 311. The zero-order valence-electron chi connectivity index (χ0n) is 7.03. The van der Waals surface area contributed by atoms with E-state index in [0.29, 0.717) is 5.75 Å². The molecule has 0 aliphatic rings. The molecule has 1 aromatic carbocycles. The summed E-state index contributed by atoms with van der Waals surface area (Å²) in [6.07, 6.45) is -0.835. The number of aliphatic carboxylic acids is 1. The molecule has 0 bridgehead atoms. The first-order valence-electron chi connectivity index (χ1n) is 3.75. The third-order valence-corrected chi connectivity index (χ3v) is 2.14. The Morgan fingerprint density at radius 2 is 2.15 bits per heavy atom. The van der Waals surface area contributed by atoms with Crippen LogP contribution in [0.5, 0.6) is 5.75 Å². The second-order valence-corrected chi connectivity index (χ2v) is 3.38. The van der Waals surface area contributed by atoms with Crippen LogP contribution in [0.1, 0.15) is 6.92 Å². The molecule has 1 rings (SSSR count). The predicted octanol–water partition coefficient (Wildman–Crippen LogP) is 2.30. The molecule has 3 nitrogen and oxygen atoms in total. The summed E-state index contributed by atoms with van der Waals surface area (Å²) in [6, 6.07) is 7.13. The Morgan fingerprint density at radius 1 is 1.54 bits per heavy atom. The van der Waals surface area contributed by atoms with Gasteiger partial charge in [0.2, 0.25) is 0 Å². The highest BCUT2D eigenvalue weighted by Crippen LogP contribution is 2.24. The summed E-state index contributed by atoms with van der Waals surface area (Å²) < 4.78 is 5.91. The number of carbonyl (C=O) groups is 1. The van der Waals surface area contributed by atoms with Gasteiger partial charge < -0.3 is 9.84 Å². The monoisotopic (exact) mass is 244 g/mol. The molecule has 0 aliphatic carbocycles. The minimum Gasteiger partial charge on any atom is -0.479 e. The fourth-order valence-corrected chi connectivity index (χ4v) is 1.16. The molecular formula is C9H9BrO3. The van der Waals surface area contributed by atoms with Gasteiger partial charge in [-0.05, 0) is 35.0 Å². The zero-order chi connectivity index (χ0) is 9.84. The number of ether oxygens (including phenoxy) is 1. The van der Waals surface area contributed by atoms with E-state index >= 15 is 0 Å². The molecule has 13 heavy (non-hydrogen) atoms. The van der Waals surface area contributed by atoms with Gasteiger partial charge in [-0.1, -0.05) is 12.1 Å². The van der Waals surface area contributed by atoms with Gasteiger partial charge in [-0.15, -0.1) is 0 Å². The van der Waals surface area contributed by atoms with E-state index in [1.807, 2.05) is 6.07 Å². The van der Waals surface area contributed by atoms with Crippen molar-refractivity contribution in [3.63, 3.8) is 0 Å².